The summed E-state index contributed by atoms with van der Waals surface area (Å²) < 4.78 is 31.4. The molecule has 1 fully saturated rings. The molecule has 0 atom stereocenters. The molecule has 1 N–H and O–H groups in total. The van der Waals surface area contributed by atoms with Crippen LogP contribution in [0.1, 0.15) is 18.1 Å². The van der Waals surface area contributed by atoms with E-state index in [0.717, 1.165) is 26.7 Å². The fourth-order valence-electron chi connectivity index (χ4n) is 3.31. The van der Waals surface area contributed by atoms with Gasteiger partial charge in [-0.3, -0.25) is 19.3 Å². The molecule has 3 amide bonds. The van der Waals surface area contributed by atoms with Crippen molar-refractivity contribution in [1.82, 2.24) is 4.90 Å². The van der Waals surface area contributed by atoms with E-state index in [1.165, 1.54) is 55.5 Å². The molecule has 190 valence electrons. The second-order valence-corrected chi connectivity index (χ2v) is 11.7. The Hall–Kier alpha value is -3.12. The van der Waals surface area contributed by atoms with Crippen molar-refractivity contribution in [2.24, 2.45) is 0 Å². The van der Waals surface area contributed by atoms with Crippen LogP contribution in [0.2, 0.25) is 5.02 Å². The molecule has 1 aliphatic heterocycles. The molecule has 0 saturated carbocycles. The largest absolute Gasteiger partial charge is 0.377 e. The van der Waals surface area contributed by atoms with Gasteiger partial charge in [-0.05, 0) is 77.5 Å². The summed E-state index contributed by atoms with van der Waals surface area (Å²) in [4.78, 5) is 37.6. The van der Waals surface area contributed by atoms with E-state index < -0.39 is 16.0 Å². The third-order valence-electron chi connectivity index (χ3n) is 5.04. The lowest BCUT2D eigenvalue weighted by Crippen LogP contribution is -2.27. The highest BCUT2D eigenvalue weighted by Gasteiger charge is 2.35. The Bertz CT molecular complexity index is 1520. The van der Waals surface area contributed by atoms with Crippen LogP contribution in [0.4, 0.5) is 10.5 Å². The van der Waals surface area contributed by atoms with Crippen molar-refractivity contribution < 1.29 is 27.0 Å². The van der Waals surface area contributed by atoms with E-state index in [1.54, 1.807) is 0 Å². The van der Waals surface area contributed by atoms with E-state index >= 15 is 0 Å². The fraction of sp³-hybridized carbons (Fsp3) is 0.0800. The normalized spacial score (nSPS) is 14.8. The SMILES string of the molecule is CC(=O)Nc1ccc(S(=O)(=O)Oc2ccc(/C=C3\SC(=O)N(Cc4ccc(Br)cc4)C3=O)cc2Cl)cc1. The van der Waals surface area contributed by atoms with Crippen LogP contribution in [0, 0.1) is 0 Å². The molecular weight excluding hydrogens is 604 g/mol. The van der Waals surface area contributed by atoms with Crippen LogP contribution in [0.3, 0.4) is 0 Å². The maximum Gasteiger partial charge on any atom is 0.339 e. The molecule has 0 aromatic heterocycles. The Labute approximate surface area is 230 Å². The van der Waals surface area contributed by atoms with Gasteiger partial charge in [-0.15, -0.1) is 0 Å². The van der Waals surface area contributed by atoms with E-state index in [4.69, 9.17) is 15.8 Å². The zero-order chi connectivity index (χ0) is 26.7. The van der Waals surface area contributed by atoms with Crippen LogP contribution in [0.5, 0.6) is 5.75 Å². The lowest BCUT2D eigenvalue weighted by molar-refractivity contribution is -0.123. The topological polar surface area (TPSA) is 110 Å². The summed E-state index contributed by atoms with van der Waals surface area (Å²) in [5, 5.41) is 2.16. The standard InChI is InChI=1S/C25H18BrClN2O6S2/c1-15(30)28-19-7-9-20(10-8-19)37(33,34)35-22-11-4-17(12-21(22)27)13-23-24(31)29(25(32)36-23)14-16-2-5-18(26)6-3-16/h2-13H,14H2,1H3,(H,28,30)/b23-13-. The Morgan fingerprint density at radius 1 is 1.08 bits per heavy atom. The summed E-state index contributed by atoms with van der Waals surface area (Å²) in [6, 6.07) is 17.1. The number of rotatable bonds is 7. The molecule has 4 rings (SSSR count). The average Bonchev–Trinajstić information content (AvgIpc) is 3.09. The van der Waals surface area contributed by atoms with Crippen LogP contribution in [-0.2, 0) is 26.3 Å². The van der Waals surface area contributed by atoms with Crippen LogP contribution in [-0.4, -0.2) is 30.4 Å². The smallest absolute Gasteiger partial charge is 0.339 e. The number of carbonyl (C=O) groups is 3. The average molecular weight is 622 g/mol. The van der Waals surface area contributed by atoms with Gasteiger partial charge in [0.15, 0.2) is 5.75 Å². The van der Waals surface area contributed by atoms with Crippen molar-refractivity contribution in [3.05, 3.63) is 92.3 Å². The van der Waals surface area contributed by atoms with Gasteiger partial charge in [0, 0.05) is 17.1 Å². The number of nitrogens with zero attached hydrogens (tertiary/aromatic N) is 1. The Balaban J connectivity index is 1.48. The van der Waals surface area contributed by atoms with Gasteiger partial charge in [0.05, 0.1) is 16.5 Å². The summed E-state index contributed by atoms with van der Waals surface area (Å²) in [6.45, 7) is 1.49. The number of benzene rings is 3. The van der Waals surface area contributed by atoms with Gasteiger partial charge in [0.25, 0.3) is 11.1 Å². The number of nitrogens with one attached hydrogen (secondary N) is 1. The number of anilines is 1. The zero-order valence-electron chi connectivity index (χ0n) is 19.1. The maximum absolute atomic E-state index is 12.8. The predicted octanol–water partition coefficient (Wildman–Crippen LogP) is 6.07. The molecule has 12 heteroatoms. The van der Waals surface area contributed by atoms with Gasteiger partial charge >= 0.3 is 10.1 Å². The first-order valence-electron chi connectivity index (χ1n) is 10.6. The molecule has 37 heavy (non-hydrogen) atoms. The van der Waals surface area contributed by atoms with Gasteiger partial charge in [-0.2, -0.15) is 8.42 Å². The van der Waals surface area contributed by atoms with E-state index in [-0.39, 0.29) is 38.3 Å². The number of carbonyl (C=O) groups excluding carboxylic acids is 3. The first-order chi connectivity index (χ1) is 17.5. The van der Waals surface area contributed by atoms with Crippen molar-refractivity contribution >= 4 is 78.2 Å². The second-order valence-electron chi connectivity index (χ2n) is 7.83. The van der Waals surface area contributed by atoms with Gasteiger partial charge in [-0.1, -0.05) is 45.7 Å². The highest BCUT2D eigenvalue weighted by atomic mass is 79.9. The maximum atomic E-state index is 12.8. The van der Waals surface area contributed by atoms with E-state index in [0.29, 0.717) is 11.3 Å². The number of halogens is 2. The quantitative estimate of drug-likeness (QED) is 0.252. The van der Waals surface area contributed by atoms with Crippen molar-refractivity contribution in [2.75, 3.05) is 5.32 Å². The molecule has 0 spiro atoms. The lowest BCUT2D eigenvalue weighted by atomic mass is 10.2. The molecule has 1 heterocycles. The first-order valence-corrected chi connectivity index (χ1v) is 14.0. The van der Waals surface area contributed by atoms with Gasteiger partial charge < -0.3 is 9.50 Å². The van der Waals surface area contributed by atoms with Crippen LogP contribution in [0.15, 0.2) is 81.0 Å². The highest BCUT2D eigenvalue weighted by molar-refractivity contribution is 9.10. The Kier molecular flexibility index (Phi) is 8.08. The van der Waals surface area contributed by atoms with Crippen LogP contribution in [0.25, 0.3) is 6.08 Å². The number of hydrogen-bond donors (Lipinski definition) is 1. The highest BCUT2D eigenvalue weighted by Crippen LogP contribution is 2.35. The monoisotopic (exact) mass is 620 g/mol. The number of hydrogen-bond acceptors (Lipinski definition) is 7. The van der Waals surface area contributed by atoms with Crippen LogP contribution < -0.4 is 9.50 Å². The minimum absolute atomic E-state index is 0.00119. The summed E-state index contributed by atoms with van der Waals surface area (Å²) in [6.07, 6.45) is 1.51. The molecule has 0 radical (unpaired) electrons. The third kappa shape index (κ3) is 6.61. The fourth-order valence-corrected chi connectivity index (χ4v) is 5.63. The van der Waals surface area contributed by atoms with E-state index in [2.05, 4.69) is 21.2 Å². The van der Waals surface area contributed by atoms with Crippen LogP contribution >= 0.6 is 39.3 Å². The van der Waals surface area contributed by atoms with Crippen molar-refractivity contribution in [1.29, 1.82) is 0 Å². The summed E-state index contributed by atoms with van der Waals surface area (Å²) in [5.41, 5.74) is 1.74. The summed E-state index contributed by atoms with van der Waals surface area (Å²) in [5.74, 6) is -0.819. The first kappa shape index (κ1) is 26.9. The molecule has 0 unspecified atom stereocenters. The zero-order valence-corrected chi connectivity index (χ0v) is 23.1. The van der Waals surface area contributed by atoms with Crippen molar-refractivity contribution in [2.45, 2.75) is 18.4 Å². The molecule has 3 aromatic rings. The van der Waals surface area contributed by atoms with Crippen molar-refractivity contribution in [3.8, 4) is 5.75 Å². The van der Waals surface area contributed by atoms with E-state index in [1.807, 2.05) is 24.3 Å². The van der Waals surface area contributed by atoms with Gasteiger partial charge in [-0.25, -0.2) is 0 Å². The Morgan fingerprint density at radius 2 is 1.76 bits per heavy atom. The summed E-state index contributed by atoms with van der Waals surface area (Å²) in [7, 11) is -4.20. The number of thioether (sulfide) groups is 1. The Morgan fingerprint density at radius 3 is 2.38 bits per heavy atom. The van der Waals surface area contributed by atoms with Crippen molar-refractivity contribution in [3.63, 3.8) is 0 Å². The molecule has 0 bridgehead atoms. The molecule has 3 aromatic carbocycles. The third-order valence-corrected chi connectivity index (χ3v) is 8.02. The summed E-state index contributed by atoms with van der Waals surface area (Å²) >= 11 is 10.4. The number of amides is 3. The number of imide groups is 1. The lowest BCUT2D eigenvalue weighted by Gasteiger charge is -2.12. The second kappa shape index (κ2) is 11.1. The molecule has 1 aliphatic rings. The molecule has 0 aliphatic carbocycles. The van der Waals surface area contributed by atoms with Gasteiger partial charge in [0.1, 0.15) is 4.90 Å². The van der Waals surface area contributed by atoms with Gasteiger partial charge in [0.2, 0.25) is 5.91 Å². The molecular formula is C25H18BrClN2O6S2. The molecule has 8 nitrogen and oxygen atoms in total. The van der Waals surface area contributed by atoms with E-state index in [9.17, 15) is 22.8 Å². The minimum Gasteiger partial charge on any atom is -0.377 e. The predicted molar refractivity (Wildman–Crippen MR) is 146 cm³/mol. The molecule has 1 saturated heterocycles. The minimum atomic E-state index is -4.20.